The van der Waals surface area contributed by atoms with Crippen LogP contribution in [0.5, 0.6) is 0 Å². The second-order valence-electron chi connectivity index (χ2n) is 5.55. The molecule has 1 aromatic rings. The lowest BCUT2D eigenvalue weighted by molar-refractivity contribution is -0.143. The molecule has 1 unspecified atom stereocenters. The van der Waals surface area contributed by atoms with Crippen molar-refractivity contribution in [1.82, 2.24) is 4.72 Å². The summed E-state index contributed by atoms with van der Waals surface area (Å²) in [5.41, 5.74) is 5.76. The van der Waals surface area contributed by atoms with E-state index in [1.165, 1.54) is 11.4 Å². The van der Waals surface area contributed by atoms with Crippen molar-refractivity contribution in [2.45, 2.75) is 36.9 Å². The average molecular weight is 410 g/mol. The van der Waals surface area contributed by atoms with Gasteiger partial charge in [0.2, 0.25) is 5.91 Å². The largest absolute Gasteiger partial charge is 0.469 e. The maximum Gasteiger partial charge on any atom is 0.315 e. The molecule has 1 aromatic heterocycles. The fourth-order valence-corrected chi connectivity index (χ4v) is 4.81. The summed E-state index contributed by atoms with van der Waals surface area (Å²) in [6, 6.07) is 0.381. The summed E-state index contributed by atoms with van der Waals surface area (Å²) >= 11 is 6.79. The van der Waals surface area contributed by atoms with Crippen molar-refractivity contribution in [3.63, 3.8) is 0 Å². The maximum absolute atomic E-state index is 13.1. The molecule has 0 aliphatic heterocycles. The van der Waals surface area contributed by atoms with Gasteiger partial charge in [0.1, 0.15) is 10.6 Å². The topological polar surface area (TPSA) is 128 Å². The fourth-order valence-electron chi connectivity index (χ4n) is 1.75. The van der Waals surface area contributed by atoms with Crippen LogP contribution in [0.2, 0.25) is 5.02 Å². The molecule has 0 radical (unpaired) electrons. The van der Waals surface area contributed by atoms with Gasteiger partial charge in [0.05, 0.1) is 18.2 Å². The number of rotatable bonds is 7. The van der Waals surface area contributed by atoms with E-state index in [9.17, 15) is 18.6 Å². The molecule has 11 heteroatoms. The number of halogens is 1. The molecule has 0 bridgehead atoms. The number of thiophene rings is 1. The Balaban J connectivity index is 3.18. The Morgan fingerprint density at radius 1 is 1.44 bits per heavy atom. The van der Waals surface area contributed by atoms with Crippen LogP contribution in [-0.2, 0) is 29.0 Å². The van der Waals surface area contributed by atoms with Crippen molar-refractivity contribution in [2.24, 2.45) is 16.0 Å². The molecule has 0 saturated heterocycles. The average Bonchev–Trinajstić information content (AvgIpc) is 2.93. The highest BCUT2D eigenvalue weighted by Crippen LogP contribution is 2.25. The Labute approximate surface area is 155 Å². The molecule has 0 aliphatic rings. The zero-order valence-corrected chi connectivity index (χ0v) is 16.4. The minimum Gasteiger partial charge on any atom is -0.469 e. The number of nitrogens with zero attached hydrogens (tertiary/aromatic N) is 1. The second-order valence-corrected chi connectivity index (χ2v) is 9.04. The van der Waals surface area contributed by atoms with E-state index < -0.39 is 40.2 Å². The summed E-state index contributed by atoms with van der Waals surface area (Å²) in [4.78, 5) is 35.3. The van der Waals surface area contributed by atoms with Crippen molar-refractivity contribution in [3.05, 3.63) is 16.5 Å². The number of hydrogen-bond donors (Lipinski definition) is 2. The summed E-state index contributed by atoms with van der Waals surface area (Å²) in [6.45, 7) is 3.75. The van der Waals surface area contributed by atoms with Crippen molar-refractivity contribution in [2.75, 3.05) is 7.11 Å². The van der Waals surface area contributed by atoms with Gasteiger partial charge in [-0.1, -0.05) is 25.4 Å². The predicted molar refractivity (Wildman–Crippen MR) is 95.4 cm³/mol. The Hall–Kier alpha value is -1.49. The van der Waals surface area contributed by atoms with E-state index in [0.29, 0.717) is 6.42 Å². The van der Waals surface area contributed by atoms with Gasteiger partial charge in [-0.3, -0.25) is 19.1 Å². The number of methoxy groups -OCH3 is 1. The van der Waals surface area contributed by atoms with Gasteiger partial charge in [-0.25, -0.2) is 4.21 Å². The third kappa shape index (κ3) is 6.73. The Bertz CT molecular complexity index is 768. The number of amides is 2. The molecule has 1 rings (SSSR count). The number of hydrogen-bond acceptors (Lipinski definition) is 7. The summed E-state index contributed by atoms with van der Waals surface area (Å²) in [5.74, 6) is -2.38. The Morgan fingerprint density at radius 2 is 2.08 bits per heavy atom. The summed E-state index contributed by atoms with van der Waals surface area (Å²) < 4.78 is 23.3. The molecule has 2 atom stereocenters. The third-order valence-corrected chi connectivity index (χ3v) is 6.50. The highest BCUT2D eigenvalue weighted by molar-refractivity contribution is 7.94. The van der Waals surface area contributed by atoms with Crippen molar-refractivity contribution < 1.29 is 23.3 Å². The van der Waals surface area contributed by atoms with E-state index >= 15 is 0 Å². The van der Waals surface area contributed by atoms with Crippen LogP contribution in [0.1, 0.15) is 26.7 Å². The predicted octanol–water partition coefficient (Wildman–Crippen LogP) is 1.72. The van der Waals surface area contributed by atoms with Gasteiger partial charge in [0, 0.05) is 5.38 Å². The van der Waals surface area contributed by atoms with E-state index in [-0.39, 0.29) is 15.1 Å². The van der Waals surface area contributed by atoms with Crippen LogP contribution in [0.3, 0.4) is 0 Å². The minimum atomic E-state index is -3.66. The number of carbonyl (C=O) groups is 3. The minimum absolute atomic E-state index is 0.0841. The number of ether oxygens (including phenoxy) is 1. The van der Waals surface area contributed by atoms with Gasteiger partial charge in [-0.05, 0) is 18.4 Å². The van der Waals surface area contributed by atoms with Crippen LogP contribution in [0, 0.1) is 5.92 Å². The van der Waals surface area contributed by atoms with Gasteiger partial charge in [0.15, 0.2) is 9.92 Å². The van der Waals surface area contributed by atoms with Crippen LogP contribution in [-0.4, -0.2) is 35.1 Å². The molecule has 3 N–H and O–H groups in total. The third-order valence-electron chi connectivity index (χ3n) is 2.86. The zero-order chi connectivity index (χ0) is 19.2. The Kier molecular flexibility index (Phi) is 8.00. The lowest BCUT2D eigenvalue weighted by Gasteiger charge is -2.13. The second kappa shape index (κ2) is 9.27. The van der Waals surface area contributed by atoms with E-state index in [1.54, 1.807) is 0 Å². The van der Waals surface area contributed by atoms with E-state index in [2.05, 4.69) is 13.8 Å². The van der Waals surface area contributed by atoms with Crippen molar-refractivity contribution >= 4 is 50.6 Å². The fraction of sp³-hybridized carbons (Fsp3) is 0.500. The molecule has 0 aliphatic carbocycles. The molecule has 1 heterocycles. The van der Waals surface area contributed by atoms with Gasteiger partial charge in [0.25, 0.3) is 5.91 Å². The molecule has 2 amide bonds. The van der Waals surface area contributed by atoms with E-state index in [1.807, 2.05) is 13.8 Å². The van der Waals surface area contributed by atoms with Crippen molar-refractivity contribution in [1.29, 1.82) is 0 Å². The van der Waals surface area contributed by atoms with Gasteiger partial charge < -0.3 is 10.5 Å². The molecule has 0 spiro atoms. The molecule has 25 heavy (non-hydrogen) atoms. The zero-order valence-electron chi connectivity index (χ0n) is 14.0. The Morgan fingerprint density at radius 3 is 2.56 bits per heavy atom. The van der Waals surface area contributed by atoms with Crippen molar-refractivity contribution in [3.8, 4) is 0 Å². The molecule has 8 nitrogen and oxygen atoms in total. The van der Waals surface area contributed by atoms with Crippen LogP contribution in [0.15, 0.2) is 20.0 Å². The number of nitrogens with one attached hydrogen (secondary N) is 1. The lowest BCUT2D eigenvalue weighted by Crippen LogP contribution is -2.36. The standard InChI is InChI=1S/C14H20ClN3O5S2/c1-8(2)4-10(16)14(21)18-25(22,13-5-9(15)7-24-13)17-11(19)6-12(20)23-3/h5,7-8,10H,4,6,16H2,1-3H3,(H,17,18,19,21,22)/t10-,25?/m0/s1. The molecule has 0 saturated carbocycles. The maximum atomic E-state index is 13.1. The first-order chi connectivity index (χ1) is 11.6. The summed E-state index contributed by atoms with van der Waals surface area (Å²) in [5, 5.41) is 1.76. The highest BCUT2D eigenvalue weighted by Gasteiger charge is 2.24. The van der Waals surface area contributed by atoms with Crippen LogP contribution in [0.25, 0.3) is 0 Å². The number of carbonyl (C=O) groups excluding carboxylic acids is 3. The molecule has 0 fully saturated rings. The molecular weight excluding hydrogens is 390 g/mol. The normalized spacial score (nSPS) is 14.5. The van der Waals surface area contributed by atoms with Gasteiger partial charge in [-0.2, -0.15) is 0 Å². The van der Waals surface area contributed by atoms with E-state index in [4.69, 9.17) is 17.3 Å². The first-order valence-electron chi connectivity index (χ1n) is 7.25. The quantitative estimate of drug-likeness (QED) is 0.521. The van der Waals surface area contributed by atoms with E-state index in [0.717, 1.165) is 18.4 Å². The SMILES string of the molecule is COC(=O)CC(=O)NS(=O)(=NC(=O)[C@@H](N)CC(C)C)c1cc(Cl)cs1. The number of nitrogens with two attached hydrogens (primary N) is 1. The molecular formula is C14H20ClN3O5S2. The monoisotopic (exact) mass is 409 g/mol. The van der Waals surface area contributed by atoms with Gasteiger partial charge >= 0.3 is 5.97 Å². The molecule has 140 valence electrons. The summed E-state index contributed by atoms with van der Waals surface area (Å²) in [7, 11) is -2.54. The number of esters is 1. The first-order valence-corrected chi connectivity index (χ1v) is 10.0. The van der Waals surface area contributed by atoms with Crippen LogP contribution in [0.4, 0.5) is 0 Å². The highest BCUT2D eigenvalue weighted by atomic mass is 35.5. The smallest absolute Gasteiger partial charge is 0.315 e. The van der Waals surface area contributed by atoms with Crippen LogP contribution < -0.4 is 10.5 Å². The van der Waals surface area contributed by atoms with Crippen LogP contribution >= 0.6 is 22.9 Å². The lowest BCUT2D eigenvalue weighted by atomic mass is 10.0. The molecule has 0 aromatic carbocycles. The summed E-state index contributed by atoms with van der Waals surface area (Å²) in [6.07, 6.45) is -0.312. The van der Waals surface area contributed by atoms with Gasteiger partial charge in [-0.15, -0.1) is 15.7 Å². The first kappa shape index (κ1) is 21.6.